The van der Waals surface area contributed by atoms with Crippen LogP contribution in [-0.2, 0) is 17.8 Å². The molecule has 0 bridgehead atoms. The minimum absolute atomic E-state index is 0.0550. The standard InChI is InChI=1S/C25H29ClN4O3/c1-32-20-8-4-6-18(16-20)7-5-13-27-25(31)19-11-14-30(15-12-19)17-23-28-24(29-33-23)21-9-2-3-10-22(21)26/h2-4,6,8-10,16,19H,5,7,11-15,17H2,1H3,(H,27,31). The molecule has 0 unspecified atom stereocenters. The van der Waals surface area contributed by atoms with Gasteiger partial charge in [0.1, 0.15) is 5.75 Å². The summed E-state index contributed by atoms with van der Waals surface area (Å²) < 4.78 is 10.7. The van der Waals surface area contributed by atoms with Gasteiger partial charge in [-0.1, -0.05) is 41.0 Å². The van der Waals surface area contributed by atoms with E-state index in [0.29, 0.717) is 29.8 Å². The first kappa shape index (κ1) is 23.3. The van der Waals surface area contributed by atoms with Crippen molar-refractivity contribution in [3.8, 4) is 17.1 Å². The van der Waals surface area contributed by atoms with Gasteiger partial charge in [-0.15, -0.1) is 0 Å². The molecule has 0 radical (unpaired) electrons. The number of methoxy groups -OCH3 is 1. The van der Waals surface area contributed by atoms with Crippen LogP contribution in [-0.4, -0.2) is 47.7 Å². The highest BCUT2D eigenvalue weighted by Gasteiger charge is 2.26. The Bertz CT molecular complexity index is 1060. The summed E-state index contributed by atoms with van der Waals surface area (Å²) in [5, 5.41) is 7.76. The van der Waals surface area contributed by atoms with E-state index in [1.807, 2.05) is 42.5 Å². The number of hydrogen-bond acceptors (Lipinski definition) is 6. The fraction of sp³-hybridized carbons (Fsp3) is 0.400. The number of hydrogen-bond donors (Lipinski definition) is 1. The van der Waals surface area contributed by atoms with Crippen LogP contribution in [0.25, 0.3) is 11.4 Å². The Balaban J connectivity index is 1.17. The molecule has 0 atom stereocenters. The number of likely N-dealkylation sites (tertiary alicyclic amines) is 1. The number of rotatable bonds is 9. The molecule has 0 spiro atoms. The van der Waals surface area contributed by atoms with E-state index in [4.69, 9.17) is 20.9 Å². The number of nitrogens with zero attached hydrogens (tertiary/aromatic N) is 3. The second-order valence-corrected chi connectivity index (χ2v) is 8.70. The van der Waals surface area contributed by atoms with E-state index in [9.17, 15) is 4.79 Å². The van der Waals surface area contributed by atoms with E-state index in [1.165, 1.54) is 5.56 Å². The van der Waals surface area contributed by atoms with E-state index in [2.05, 4.69) is 26.4 Å². The summed E-state index contributed by atoms with van der Waals surface area (Å²) >= 11 is 6.22. The summed E-state index contributed by atoms with van der Waals surface area (Å²) in [7, 11) is 1.67. The van der Waals surface area contributed by atoms with Crippen molar-refractivity contribution < 1.29 is 14.1 Å². The number of halogens is 1. The Hall–Kier alpha value is -2.90. The molecule has 174 valence electrons. The van der Waals surface area contributed by atoms with Crippen molar-refractivity contribution in [3.63, 3.8) is 0 Å². The van der Waals surface area contributed by atoms with Crippen LogP contribution in [0.3, 0.4) is 0 Å². The predicted molar refractivity (Wildman–Crippen MR) is 127 cm³/mol. The summed E-state index contributed by atoms with van der Waals surface area (Å²) in [4.78, 5) is 19.3. The maximum absolute atomic E-state index is 12.6. The highest BCUT2D eigenvalue weighted by atomic mass is 35.5. The summed E-state index contributed by atoms with van der Waals surface area (Å²) in [5.41, 5.74) is 1.98. The maximum atomic E-state index is 12.6. The first-order valence-electron chi connectivity index (χ1n) is 11.3. The van der Waals surface area contributed by atoms with E-state index < -0.39 is 0 Å². The summed E-state index contributed by atoms with van der Waals surface area (Å²) in [6.07, 6.45) is 3.47. The van der Waals surface area contributed by atoms with Gasteiger partial charge in [0.2, 0.25) is 17.6 Å². The molecule has 4 rings (SSSR count). The third-order valence-corrected chi connectivity index (χ3v) is 6.31. The lowest BCUT2D eigenvalue weighted by Gasteiger charge is -2.30. The molecule has 1 aliphatic rings. The van der Waals surface area contributed by atoms with Crippen LogP contribution >= 0.6 is 11.6 Å². The number of carbonyl (C=O) groups excluding carboxylic acids is 1. The number of amides is 1. The third-order valence-electron chi connectivity index (χ3n) is 5.98. The van der Waals surface area contributed by atoms with E-state index >= 15 is 0 Å². The summed E-state index contributed by atoms with van der Waals surface area (Å²) in [6.45, 7) is 2.91. The topological polar surface area (TPSA) is 80.5 Å². The average molecular weight is 469 g/mol. The smallest absolute Gasteiger partial charge is 0.241 e. The zero-order valence-corrected chi connectivity index (χ0v) is 19.6. The molecule has 7 nitrogen and oxygen atoms in total. The van der Waals surface area contributed by atoms with Crippen LogP contribution < -0.4 is 10.1 Å². The zero-order chi connectivity index (χ0) is 23.0. The van der Waals surface area contributed by atoms with E-state index in [1.54, 1.807) is 7.11 Å². The van der Waals surface area contributed by atoms with Crippen LogP contribution in [0.4, 0.5) is 0 Å². The van der Waals surface area contributed by atoms with Crippen molar-refractivity contribution in [2.75, 3.05) is 26.7 Å². The van der Waals surface area contributed by atoms with Gasteiger partial charge in [-0.3, -0.25) is 9.69 Å². The Morgan fingerprint density at radius 2 is 2.03 bits per heavy atom. The van der Waals surface area contributed by atoms with Crippen molar-refractivity contribution >= 4 is 17.5 Å². The van der Waals surface area contributed by atoms with Crippen molar-refractivity contribution in [1.82, 2.24) is 20.4 Å². The molecule has 1 aromatic heterocycles. The number of nitrogens with one attached hydrogen (secondary N) is 1. The SMILES string of the molecule is COc1cccc(CCCNC(=O)C2CCN(Cc3nc(-c4ccccc4Cl)no3)CC2)c1. The van der Waals surface area contributed by atoms with Crippen LogP contribution in [0, 0.1) is 5.92 Å². The van der Waals surface area contributed by atoms with Gasteiger partial charge in [0, 0.05) is 18.0 Å². The minimum Gasteiger partial charge on any atom is -0.497 e. The second-order valence-electron chi connectivity index (χ2n) is 8.29. The molecule has 0 saturated carbocycles. The fourth-order valence-electron chi connectivity index (χ4n) is 4.09. The van der Waals surface area contributed by atoms with Gasteiger partial charge in [0.15, 0.2) is 0 Å². The summed E-state index contributed by atoms with van der Waals surface area (Å²) in [6, 6.07) is 15.5. The lowest BCUT2D eigenvalue weighted by atomic mass is 9.96. The first-order chi connectivity index (χ1) is 16.1. The molecule has 1 amide bonds. The molecular formula is C25H29ClN4O3. The van der Waals surface area contributed by atoms with Gasteiger partial charge < -0.3 is 14.6 Å². The third kappa shape index (κ3) is 6.33. The van der Waals surface area contributed by atoms with Crippen LogP contribution in [0.5, 0.6) is 5.75 Å². The number of aryl methyl sites for hydroxylation is 1. The minimum atomic E-state index is 0.0550. The normalized spacial score (nSPS) is 14.8. The Morgan fingerprint density at radius 1 is 1.21 bits per heavy atom. The summed E-state index contributed by atoms with van der Waals surface area (Å²) in [5.74, 6) is 2.13. The molecule has 2 heterocycles. The van der Waals surface area contributed by atoms with Crippen molar-refractivity contribution in [3.05, 3.63) is 65.0 Å². The van der Waals surface area contributed by atoms with Gasteiger partial charge in [0.05, 0.1) is 18.7 Å². The molecule has 2 aromatic carbocycles. The van der Waals surface area contributed by atoms with E-state index in [-0.39, 0.29) is 11.8 Å². The quantitative estimate of drug-likeness (QED) is 0.470. The molecule has 1 aliphatic heterocycles. The first-order valence-corrected chi connectivity index (χ1v) is 11.7. The molecule has 0 aliphatic carbocycles. The van der Waals surface area contributed by atoms with Gasteiger partial charge in [-0.05, 0) is 68.6 Å². The molecule has 1 saturated heterocycles. The molecular weight excluding hydrogens is 440 g/mol. The predicted octanol–water partition coefficient (Wildman–Crippen LogP) is 4.36. The second kappa shape index (κ2) is 11.3. The molecule has 33 heavy (non-hydrogen) atoms. The van der Waals surface area contributed by atoms with Crippen molar-refractivity contribution in [2.45, 2.75) is 32.2 Å². The maximum Gasteiger partial charge on any atom is 0.241 e. The van der Waals surface area contributed by atoms with Gasteiger partial charge in [-0.25, -0.2) is 0 Å². The lowest BCUT2D eigenvalue weighted by molar-refractivity contribution is -0.126. The van der Waals surface area contributed by atoms with Gasteiger partial charge >= 0.3 is 0 Å². The highest BCUT2D eigenvalue weighted by molar-refractivity contribution is 6.33. The van der Waals surface area contributed by atoms with Gasteiger partial charge in [0.25, 0.3) is 0 Å². The number of piperidine rings is 1. The Morgan fingerprint density at radius 3 is 2.82 bits per heavy atom. The van der Waals surface area contributed by atoms with Crippen molar-refractivity contribution in [2.24, 2.45) is 5.92 Å². The number of carbonyl (C=O) groups is 1. The monoisotopic (exact) mass is 468 g/mol. The van der Waals surface area contributed by atoms with Crippen LogP contribution in [0.15, 0.2) is 53.1 Å². The van der Waals surface area contributed by atoms with Crippen LogP contribution in [0.1, 0.15) is 30.7 Å². The van der Waals surface area contributed by atoms with Crippen LogP contribution in [0.2, 0.25) is 5.02 Å². The van der Waals surface area contributed by atoms with Gasteiger partial charge in [-0.2, -0.15) is 4.98 Å². The molecule has 8 heteroatoms. The fourth-order valence-corrected chi connectivity index (χ4v) is 4.31. The molecule has 3 aromatic rings. The zero-order valence-electron chi connectivity index (χ0n) is 18.8. The van der Waals surface area contributed by atoms with Crippen molar-refractivity contribution in [1.29, 1.82) is 0 Å². The lowest BCUT2D eigenvalue weighted by Crippen LogP contribution is -2.40. The largest absolute Gasteiger partial charge is 0.497 e. The highest BCUT2D eigenvalue weighted by Crippen LogP contribution is 2.25. The van der Waals surface area contributed by atoms with E-state index in [0.717, 1.165) is 50.1 Å². The molecule has 1 fully saturated rings. The number of benzene rings is 2. The number of ether oxygens (including phenoxy) is 1. The Labute approximate surface area is 199 Å². The number of aromatic nitrogens is 2. The molecule has 1 N–H and O–H groups in total. The average Bonchev–Trinajstić information content (AvgIpc) is 3.30. The Kier molecular flexibility index (Phi) is 7.96.